The van der Waals surface area contributed by atoms with Crippen molar-refractivity contribution in [3.63, 3.8) is 0 Å². The molecule has 1 heterocycles. The summed E-state index contributed by atoms with van der Waals surface area (Å²) in [4.78, 5) is 27.3. The van der Waals surface area contributed by atoms with Crippen LogP contribution in [0.1, 0.15) is 37.0 Å². The summed E-state index contributed by atoms with van der Waals surface area (Å²) in [6.07, 6.45) is 1.38. The summed E-state index contributed by atoms with van der Waals surface area (Å²) in [5, 5.41) is 2.90. The SMILES string of the molecule is CC(C)CNC(=O)[C@H]1CCCN1C(=O)c1cccc(NS(=O)(=O)c2ccccc2)c1. The number of hydrogen-bond donors (Lipinski definition) is 2. The molecule has 0 aromatic heterocycles. The summed E-state index contributed by atoms with van der Waals surface area (Å²) >= 11 is 0. The molecule has 8 heteroatoms. The van der Waals surface area contributed by atoms with E-state index in [-0.39, 0.29) is 16.7 Å². The molecule has 2 N–H and O–H groups in total. The van der Waals surface area contributed by atoms with Crippen LogP contribution in [0.3, 0.4) is 0 Å². The Bertz CT molecular complexity index is 1010. The third-order valence-corrected chi connectivity index (χ3v) is 6.31. The Balaban J connectivity index is 1.75. The van der Waals surface area contributed by atoms with Gasteiger partial charge < -0.3 is 10.2 Å². The van der Waals surface area contributed by atoms with E-state index in [2.05, 4.69) is 10.0 Å². The molecule has 3 rings (SSSR count). The molecule has 30 heavy (non-hydrogen) atoms. The van der Waals surface area contributed by atoms with Gasteiger partial charge in [0.25, 0.3) is 15.9 Å². The molecule has 0 saturated carbocycles. The highest BCUT2D eigenvalue weighted by Gasteiger charge is 2.34. The van der Waals surface area contributed by atoms with Crippen molar-refractivity contribution in [2.45, 2.75) is 37.6 Å². The molecule has 1 saturated heterocycles. The Labute approximate surface area is 177 Å². The lowest BCUT2D eigenvalue weighted by Gasteiger charge is -2.24. The molecule has 0 aliphatic carbocycles. The maximum atomic E-state index is 13.1. The van der Waals surface area contributed by atoms with Crippen molar-refractivity contribution < 1.29 is 18.0 Å². The first-order valence-electron chi connectivity index (χ1n) is 10.0. The summed E-state index contributed by atoms with van der Waals surface area (Å²) in [6.45, 7) is 5.09. The van der Waals surface area contributed by atoms with E-state index in [1.807, 2.05) is 13.8 Å². The summed E-state index contributed by atoms with van der Waals surface area (Å²) in [5.41, 5.74) is 0.636. The zero-order valence-corrected chi connectivity index (χ0v) is 18.0. The molecule has 1 fully saturated rings. The molecule has 1 aliphatic rings. The largest absolute Gasteiger partial charge is 0.354 e. The van der Waals surface area contributed by atoms with E-state index in [0.717, 1.165) is 6.42 Å². The second kappa shape index (κ2) is 9.30. The smallest absolute Gasteiger partial charge is 0.261 e. The fraction of sp³-hybridized carbons (Fsp3) is 0.364. The fourth-order valence-corrected chi connectivity index (χ4v) is 4.47. The zero-order valence-electron chi connectivity index (χ0n) is 17.2. The van der Waals surface area contributed by atoms with Crippen LogP contribution in [0.4, 0.5) is 5.69 Å². The van der Waals surface area contributed by atoms with Crippen LogP contribution >= 0.6 is 0 Å². The van der Waals surface area contributed by atoms with Crippen molar-refractivity contribution >= 4 is 27.5 Å². The van der Waals surface area contributed by atoms with Crippen molar-refractivity contribution in [2.75, 3.05) is 17.8 Å². The van der Waals surface area contributed by atoms with Gasteiger partial charge in [-0.1, -0.05) is 38.1 Å². The molecular formula is C22H27N3O4S. The number of anilines is 1. The average Bonchev–Trinajstić information content (AvgIpc) is 3.22. The van der Waals surface area contributed by atoms with Crippen LogP contribution in [0.5, 0.6) is 0 Å². The Morgan fingerprint density at radius 3 is 2.53 bits per heavy atom. The number of likely N-dealkylation sites (tertiary alicyclic amines) is 1. The van der Waals surface area contributed by atoms with E-state index in [0.29, 0.717) is 36.7 Å². The highest BCUT2D eigenvalue weighted by molar-refractivity contribution is 7.92. The number of sulfonamides is 1. The number of nitrogens with one attached hydrogen (secondary N) is 2. The van der Waals surface area contributed by atoms with Crippen LogP contribution in [-0.4, -0.2) is 44.3 Å². The molecule has 0 unspecified atom stereocenters. The van der Waals surface area contributed by atoms with E-state index < -0.39 is 16.1 Å². The minimum absolute atomic E-state index is 0.142. The van der Waals surface area contributed by atoms with Crippen LogP contribution in [-0.2, 0) is 14.8 Å². The second-order valence-electron chi connectivity index (χ2n) is 7.79. The van der Waals surface area contributed by atoms with Gasteiger partial charge in [0.1, 0.15) is 6.04 Å². The second-order valence-corrected chi connectivity index (χ2v) is 9.48. The average molecular weight is 430 g/mol. The maximum absolute atomic E-state index is 13.1. The summed E-state index contributed by atoms with van der Waals surface area (Å²) in [7, 11) is -3.75. The van der Waals surface area contributed by atoms with Gasteiger partial charge in [-0.05, 0) is 49.1 Å². The van der Waals surface area contributed by atoms with Gasteiger partial charge in [-0.2, -0.15) is 0 Å². The third kappa shape index (κ3) is 5.18. The van der Waals surface area contributed by atoms with Gasteiger partial charge in [0.15, 0.2) is 0 Å². The van der Waals surface area contributed by atoms with Crippen LogP contribution < -0.4 is 10.0 Å². The monoisotopic (exact) mass is 429 g/mol. The quantitative estimate of drug-likeness (QED) is 0.707. The Morgan fingerprint density at radius 1 is 1.10 bits per heavy atom. The molecule has 160 valence electrons. The molecular weight excluding hydrogens is 402 g/mol. The lowest BCUT2D eigenvalue weighted by atomic mass is 10.1. The first kappa shape index (κ1) is 21.8. The summed E-state index contributed by atoms with van der Waals surface area (Å²) in [5.74, 6) is -0.0951. The lowest BCUT2D eigenvalue weighted by Crippen LogP contribution is -2.46. The Kier molecular flexibility index (Phi) is 6.77. The van der Waals surface area contributed by atoms with Gasteiger partial charge in [-0.3, -0.25) is 14.3 Å². The number of carbonyl (C=O) groups is 2. The Hall–Kier alpha value is -2.87. The van der Waals surface area contributed by atoms with Gasteiger partial charge in [-0.15, -0.1) is 0 Å². The van der Waals surface area contributed by atoms with Crippen LogP contribution in [0.2, 0.25) is 0 Å². The molecule has 2 amide bonds. The maximum Gasteiger partial charge on any atom is 0.261 e. The molecule has 0 bridgehead atoms. The van der Waals surface area contributed by atoms with Crippen LogP contribution in [0.25, 0.3) is 0 Å². The first-order valence-corrected chi connectivity index (χ1v) is 11.5. The minimum atomic E-state index is -3.75. The van der Waals surface area contributed by atoms with Crippen LogP contribution in [0.15, 0.2) is 59.5 Å². The van der Waals surface area contributed by atoms with Gasteiger partial charge in [0.05, 0.1) is 4.90 Å². The van der Waals surface area contributed by atoms with Gasteiger partial charge in [-0.25, -0.2) is 8.42 Å². The van der Waals surface area contributed by atoms with E-state index in [9.17, 15) is 18.0 Å². The summed E-state index contributed by atoms with van der Waals surface area (Å²) < 4.78 is 27.6. The minimum Gasteiger partial charge on any atom is -0.354 e. The van der Waals surface area contributed by atoms with E-state index in [1.54, 1.807) is 41.3 Å². The van der Waals surface area contributed by atoms with Gasteiger partial charge >= 0.3 is 0 Å². The van der Waals surface area contributed by atoms with Crippen molar-refractivity contribution in [1.29, 1.82) is 0 Å². The molecule has 7 nitrogen and oxygen atoms in total. The van der Waals surface area contributed by atoms with Crippen molar-refractivity contribution in [3.05, 3.63) is 60.2 Å². The molecule has 2 aromatic rings. The Morgan fingerprint density at radius 2 is 1.83 bits per heavy atom. The molecule has 1 atom stereocenters. The topological polar surface area (TPSA) is 95.6 Å². The first-order chi connectivity index (χ1) is 14.3. The normalized spacial score (nSPS) is 16.5. The highest BCUT2D eigenvalue weighted by Crippen LogP contribution is 2.23. The standard InChI is InChI=1S/C22H27N3O4S/c1-16(2)15-23-21(26)20-12-7-13-25(20)22(27)17-8-6-9-18(14-17)24-30(28,29)19-10-4-3-5-11-19/h3-6,8-11,14,16,20,24H,7,12-13,15H2,1-2H3,(H,23,26)/t20-/m1/s1. The van der Waals surface area contributed by atoms with Crippen molar-refractivity contribution in [2.24, 2.45) is 5.92 Å². The molecule has 0 spiro atoms. The predicted molar refractivity (Wildman–Crippen MR) is 116 cm³/mol. The number of carbonyl (C=O) groups excluding carboxylic acids is 2. The van der Waals surface area contributed by atoms with Crippen molar-refractivity contribution in [1.82, 2.24) is 10.2 Å². The van der Waals surface area contributed by atoms with Crippen LogP contribution in [0, 0.1) is 5.92 Å². The highest BCUT2D eigenvalue weighted by atomic mass is 32.2. The van der Waals surface area contributed by atoms with Crippen molar-refractivity contribution in [3.8, 4) is 0 Å². The molecule has 2 aromatic carbocycles. The number of rotatable bonds is 7. The zero-order chi connectivity index (χ0) is 21.7. The van der Waals surface area contributed by atoms with Gasteiger partial charge in [0, 0.05) is 24.3 Å². The predicted octanol–water partition coefficient (Wildman–Crippen LogP) is 2.86. The van der Waals surface area contributed by atoms with E-state index in [1.165, 1.54) is 18.2 Å². The number of amides is 2. The number of nitrogens with zero attached hydrogens (tertiary/aromatic N) is 1. The van der Waals surface area contributed by atoms with E-state index >= 15 is 0 Å². The number of benzene rings is 2. The molecule has 1 aliphatic heterocycles. The summed E-state index contributed by atoms with van der Waals surface area (Å²) in [6, 6.07) is 13.9. The third-order valence-electron chi connectivity index (χ3n) is 4.92. The van der Waals surface area contributed by atoms with E-state index in [4.69, 9.17) is 0 Å². The number of hydrogen-bond acceptors (Lipinski definition) is 4. The lowest BCUT2D eigenvalue weighted by molar-refractivity contribution is -0.125. The fourth-order valence-electron chi connectivity index (χ4n) is 3.40. The molecule has 0 radical (unpaired) electrons. The van der Waals surface area contributed by atoms with Gasteiger partial charge in [0.2, 0.25) is 5.91 Å².